The van der Waals surface area contributed by atoms with Gasteiger partial charge in [0.05, 0.1) is 7.18 Å². The Morgan fingerprint density at radius 1 is 0.727 bits per heavy atom. The molecule has 0 bridgehead atoms. The Hall–Kier alpha value is -0.530. The van der Waals surface area contributed by atoms with E-state index in [1.165, 1.54) is 0 Å². The van der Waals surface area contributed by atoms with Gasteiger partial charge in [0, 0.05) is 0 Å². The van der Waals surface area contributed by atoms with Crippen LogP contribution < -0.4 is 0 Å². The molecular formula is C3H3F7O. The molecular weight excluding hydrogens is 185 g/mol. The van der Waals surface area contributed by atoms with Gasteiger partial charge in [0.15, 0.2) is 0 Å². The van der Waals surface area contributed by atoms with E-state index in [4.69, 9.17) is 0 Å². The first-order chi connectivity index (χ1) is 4.71. The fraction of sp³-hybridized carbons (Fsp3) is 1.00. The first kappa shape index (κ1) is 13.1. The molecule has 70 valence electrons. The third-order valence-electron chi connectivity index (χ3n) is 0.231. The largest absolute Gasteiger partial charge is 0.529 e. The Morgan fingerprint density at radius 3 is 0.909 bits per heavy atom. The van der Waals surface area contributed by atoms with E-state index in [-0.39, 0.29) is 0 Å². The lowest BCUT2D eigenvalue weighted by molar-refractivity contribution is -0.463. The van der Waals surface area contributed by atoms with Crippen LogP contribution in [0.25, 0.3) is 0 Å². The molecule has 0 aromatic heterocycles. The maximum Gasteiger partial charge on any atom is 0.529 e. The fourth-order valence-electron chi connectivity index (χ4n) is 0.131. The summed E-state index contributed by atoms with van der Waals surface area (Å²) in [6, 6.07) is 0. The van der Waals surface area contributed by atoms with E-state index >= 15 is 0 Å². The summed E-state index contributed by atoms with van der Waals surface area (Å²) in [5.41, 5.74) is 0. The second-order valence-corrected chi connectivity index (χ2v) is 0.994. The Kier molecular flexibility index (Phi) is 5.20. The van der Waals surface area contributed by atoms with Gasteiger partial charge < -0.3 is 0 Å². The molecule has 0 aliphatic rings. The monoisotopic (exact) mass is 188 g/mol. The lowest BCUT2D eigenvalue weighted by Gasteiger charge is -2.08. The smallest absolute Gasteiger partial charge is 0.255 e. The summed E-state index contributed by atoms with van der Waals surface area (Å²) >= 11 is 0. The summed E-state index contributed by atoms with van der Waals surface area (Å²) in [5, 5.41) is 0. The Balaban J connectivity index is 0. The SMILES string of the molecule is CF.FC(F)(F)OC(F)(F)F. The highest BCUT2D eigenvalue weighted by Crippen LogP contribution is 2.28. The number of halogens is 7. The number of hydrogen-bond donors (Lipinski definition) is 0. The van der Waals surface area contributed by atoms with Crippen molar-refractivity contribution in [2.24, 2.45) is 0 Å². The van der Waals surface area contributed by atoms with Gasteiger partial charge in [-0.1, -0.05) is 0 Å². The van der Waals surface area contributed by atoms with Gasteiger partial charge in [-0.2, -0.15) is 4.74 Å². The van der Waals surface area contributed by atoms with Gasteiger partial charge in [0.25, 0.3) is 0 Å². The Bertz CT molecular complexity index is 78.8. The summed E-state index contributed by atoms with van der Waals surface area (Å²) in [6.07, 6.45) is -11.3. The van der Waals surface area contributed by atoms with Gasteiger partial charge in [0.2, 0.25) is 0 Å². The molecule has 1 nitrogen and oxygen atoms in total. The third kappa shape index (κ3) is 17.7. The zero-order valence-corrected chi connectivity index (χ0v) is 5.05. The van der Waals surface area contributed by atoms with Crippen LogP contribution in [0.3, 0.4) is 0 Å². The van der Waals surface area contributed by atoms with E-state index in [0.29, 0.717) is 7.18 Å². The van der Waals surface area contributed by atoms with Crippen LogP contribution in [0.1, 0.15) is 0 Å². The van der Waals surface area contributed by atoms with E-state index in [9.17, 15) is 30.7 Å². The van der Waals surface area contributed by atoms with Crippen LogP contribution in [0.15, 0.2) is 0 Å². The summed E-state index contributed by atoms with van der Waals surface area (Å²) < 4.78 is 74.8. The van der Waals surface area contributed by atoms with Crippen LogP contribution in [-0.4, -0.2) is 19.9 Å². The Morgan fingerprint density at radius 2 is 0.909 bits per heavy atom. The Labute approximate surface area is 56.7 Å². The minimum atomic E-state index is -5.64. The molecule has 0 aliphatic heterocycles. The van der Waals surface area contributed by atoms with Crippen molar-refractivity contribution in [2.45, 2.75) is 12.7 Å². The maximum atomic E-state index is 10.6. The number of ether oxygens (including phenoxy) is 1. The van der Waals surface area contributed by atoms with Gasteiger partial charge in [0.1, 0.15) is 0 Å². The van der Waals surface area contributed by atoms with Crippen LogP contribution in [0.4, 0.5) is 30.7 Å². The molecule has 0 rings (SSSR count). The molecule has 0 amide bonds. The fourth-order valence-corrected chi connectivity index (χ4v) is 0.131. The van der Waals surface area contributed by atoms with Crippen molar-refractivity contribution in [3.05, 3.63) is 0 Å². The predicted octanol–water partition coefficient (Wildman–Crippen LogP) is 2.63. The number of hydrogen-bond acceptors (Lipinski definition) is 1. The second kappa shape index (κ2) is 4.37. The van der Waals surface area contributed by atoms with Crippen molar-refractivity contribution >= 4 is 0 Å². The summed E-state index contributed by atoms with van der Waals surface area (Å²) in [6.45, 7) is 0. The van der Waals surface area contributed by atoms with Crippen molar-refractivity contribution < 1.29 is 35.5 Å². The van der Waals surface area contributed by atoms with E-state index < -0.39 is 12.7 Å². The first-order valence-corrected chi connectivity index (χ1v) is 1.92. The van der Waals surface area contributed by atoms with Crippen molar-refractivity contribution in [2.75, 3.05) is 7.18 Å². The topological polar surface area (TPSA) is 9.23 Å². The van der Waals surface area contributed by atoms with Crippen LogP contribution >= 0.6 is 0 Å². The zero-order valence-electron chi connectivity index (χ0n) is 5.05. The molecule has 0 saturated heterocycles. The third-order valence-corrected chi connectivity index (χ3v) is 0.231. The molecule has 0 spiro atoms. The summed E-state index contributed by atoms with van der Waals surface area (Å²) in [4.78, 5) is 0. The zero-order chi connectivity index (χ0) is 9.71. The van der Waals surface area contributed by atoms with E-state index in [0.717, 1.165) is 0 Å². The van der Waals surface area contributed by atoms with E-state index in [2.05, 4.69) is 0 Å². The summed E-state index contributed by atoms with van der Waals surface area (Å²) in [5.74, 6) is 0. The number of alkyl halides is 7. The van der Waals surface area contributed by atoms with Crippen LogP contribution in [0.2, 0.25) is 0 Å². The average molecular weight is 188 g/mol. The van der Waals surface area contributed by atoms with Crippen LogP contribution in [-0.2, 0) is 4.74 Å². The van der Waals surface area contributed by atoms with Gasteiger partial charge in [-0.05, 0) is 0 Å². The van der Waals surface area contributed by atoms with Gasteiger partial charge in [-0.15, -0.1) is 26.3 Å². The molecule has 0 heterocycles. The van der Waals surface area contributed by atoms with E-state index in [1.807, 2.05) is 0 Å². The molecule has 0 aromatic rings. The molecule has 0 saturated carbocycles. The molecule has 0 radical (unpaired) electrons. The van der Waals surface area contributed by atoms with Crippen molar-refractivity contribution in [1.29, 1.82) is 0 Å². The molecule has 11 heavy (non-hydrogen) atoms. The standard InChI is InChI=1S/C2F6O.CH3F/c3-1(4,5)9-2(6,7)8;1-2/h;1H3. The molecule has 0 atom stereocenters. The van der Waals surface area contributed by atoms with Crippen molar-refractivity contribution in [1.82, 2.24) is 0 Å². The van der Waals surface area contributed by atoms with Crippen LogP contribution in [0.5, 0.6) is 0 Å². The lowest BCUT2D eigenvalue weighted by Crippen LogP contribution is -2.25. The lowest BCUT2D eigenvalue weighted by atomic mass is 11.2. The average Bonchev–Trinajstić information content (AvgIpc) is 1.60. The van der Waals surface area contributed by atoms with Gasteiger partial charge >= 0.3 is 12.7 Å². The maximum absolute atomic E-state index is 10.6. The highest BCUT2D eigenvalue weighted by Gasteiger charge is 2.45. The highest BCUT2D eigenvalue weighted by atomic mass is 19.4. The van der Waals surface area contributed by atoms with Crippen molar-refractivity contribution in [3.63, 3.8) is 0 Å². The van der Waals surface area contributed by atoms with E-state index in [1.54, 1.807) is 4.74 Å². The molecule has 0 aliphatic carbocycles. The van der Waals surface area contributed by atoms with Crippen molar-refractivity contribution in [3.8, 4) is 0 Å². The quantitative estimate of drug-likeness (QED) is 0.531. The minimum Gasteiger partial charge on any atom is -0.255 e. The predicted molar refractivity (Wildman–Crippen MR) is 20.2 cm³/mol. The molecule has 0 aromatic carbocycles. The first-order valence-electron chi connectivity index (χ1n) is 1.92. The van der Waals surface area contributed by atoms with Gasteiger partial charge in [-0.3, -0.25) is 4.39 Å². The second-order valence-electron chi connectivity index (χ2n) is 0.994. The minimum absolute atomic E-state index is 0.500. The molecule has 0 N–H and O–H groups in total. The highest BCUT2D eigenvalue weighted by molar-refractivity contribution is 4.30. The number of rotatable bonds is 0. The molecule has 0 fully saturated rings. The summed E-state index contributed by atoms with van der Waals surface area (Å²) in [7, 11) is 0.500. The molecule has 0 unspecified atom stereocenters. The van der Waals surface area contributed by atoms with Crippen LogP contribution in [0, 0.1) is 0 Å². The van der Waals surface area contributed by atoms with Gasteiger partial charge in [-0.25, -0.2) is 0 Å². The normalized spacial score (nSPS) is 12.0. The molecule has 8 heteroatoms.